The third-order valence-electron chi connectivity index (χ3n) is 5.15. The highest BCUT2D eigenvalue weighted by atomic mass is 16.5. The summed E-state index contributed by atoms with van der Waals surface area (Å²) in [6.07, 6.45) is 1.53. The predicted molar refractivity (Wildman–Crippen MR) is 116 cm³/mol. The first-order chi connectivity index (χ1) is 14.3. The number of rotatable bonds is 7. The van der Waals surface area contributed by atoms with Crippen LogP contribution in [0.4, 0.5) is 5.69 Å². The van der Waals surface area contributed by atoms with Gasteiger partial charge in [0.25, 0.3) is 5.91 Å². The molecule has 0 saturated heterocycles. The second-order valence-corrected chi connectivity index (χ2v) is 7.25. The average molecular weight is 386 g/mol. The summed E-state index contributed by atoms with van der Waals surface area (Å²) in [5.74, 6) is 0.889. The van der Waals surface area contributed by atoms with Crippen molar-refractivity contribution in [3.8, 4) is 5.75 Å². The van der Waals surface area contributed by atoms with Crippen LogP contribution in [0.5, 0.6) is 5.75 Å². The van der Waals surface area contributed by atoms with Crippen molar-refractivity contribution >= 4 is 11.6 Å². The van der Waals surface area contributed by atoms with Crippen LogP contribution < -0.4 is 10.1 Å². The van der Waals surface area contributed by atoms with Gasteiger partial charge in [0.15, 0.2) is 0 Å². The van der Waals surface area contributed by atoms with Crippen LogP contribution in [0.3, 0.4) is 0 Å². The Morgan fingerprint density at radius 2 is 1.76 bits per heavy atom. The summed E-state index contributed by atoms with van der Waals surface area (Å²) in [5, 5.41) is 3.56. The normalized spacial score (nSPS) is 15.6. The van der Waals surface area contributed by atoms with Gasteiger partial charge in [-0.05, 0) is 48.2 Å². The van der Waals surface area contributed by atoms with Crippen LogP contribution in [-0.4, -0.2) is 24.0 Å². The van der Waals surface area contributed by atoms with Gasteiger partial charge in [-0.15, -0.1) is 0 Å². The molecule has 1 amide bonds. The third-order valence-corrected chi connectivity index (χ3v) is 5.15. The highest BCUT2D eigenvalue weighted by molar-refractivity contribution is 6.01. The lowest BCUT2D eigenvalue weighted by Gasteiger charge is -2.38. The van der Waals surface area contributed by atoms with Crippen LogP contribution in [0.25, 0.3) is 0 Å². The fourth-order valence-electron chi connectivity index (χ4n) is 3.68. The molecule has 3 aromatic carbocycles. The molecule has 0 aliphatic carbocycles. The molecule has 0 radical (unpaired) electrons. The summed E-state index contributed by atoms with van der Waals surface area (Å²) < 4.78 is 5.82. The van der Waals surface area contributed by atoms with E-state index < -0.39 is 0 Å². The lowest BCUT2D eigenvalue weighted by molar-refractivity contribution is 0.0685. The number of ether oxygens (including phenoxy) is 1. The molecule has 4 nitrogen and oxygen atoms in total. The third kappa shape index (κ3) is 4.27. The summed E-state index contributed by atoms with van der Waals surface area (Å²) in [6, 6.07) is 26.0. The van der Waals surface area contributed by atoms with E-state index in [0.717, 1.165) is 35.4 Å². The molecule has 0 fully saturated rings. The van der Waals surface area contributed by atoms with Crippen molar-refractivity contribution in [2.45, 2.75) is 25.9 Å². The van der Waals surface area contributed by atoms with Crippen LogP contribution in [0, 0.1) is 0 Å². The average Bonchev–Trinajstić information content (AvgIpc) is 2.78. The smallest absolute Gasteiger partial charge is 0.257 e. The summed E-state index contributed by atoms with van der Waals surface area (Å²) in [7, 11) is 0. The summed E-state index contributed by atoms with van der Waals surface area (Å²) in [4.78, 5) is 15.3. The second-order valence-electron chi connectivity index (χ2n) is 7.25. The lowest BCUT2D eigenvalue weighted by atomic mass is 10.0. The van der Waals surface area contributed by atoms with Gasteiger partial charge < -0.3 is 15.0 Å². The van der Waals surface area contributed by atoms with E-state index >= 15 is 0 Å². The van der Waals surface area contributed by atoms with Crippen molar-refractivity contribution in [3.63, 3.8) is 0 Å². The van der Waals surface area contributed by atoms with Crippen molar-refractivity contribution in [2.75, 3.05) is 18.5 Å². The highest BCUT2D eigenvalue weighted by Gasteiger charge is 2.32. The van der Waals surface area contributed by atoms with Crippen LogP contribution in [0.15, 0.2) is 78.9 Å². The van der Waals surface area contributed by atoms with Crippen LogP contribution in [-0.2, 0) is 6.42 Å². The second kappa shape index (κ2) is 8.82. The number of hydrogen-bond acceptors (Lipinski definition) is 3. The molecule has 1 unspecified atom stereocenters. The zero-order valence-electron chi connectivity index (χ0n) is 16.7. The van der Waals surface area contributed by atoms with Gasteiger partial charge in [-0.3, -0.25) is 4.79 Å². The van der Waals surface area contributed by atoms with Gasteiger partial charge in [-0.1, -0.05) is 61.5 Å². The Morgan fingerprint density at radius 3 is 2.59 bits per heavy atom. The molecule has 1 atom stereocenters. The number of para-hydroxylation sites is 1. The van der Waals surface area contributed by atoms with Gasteiger partial charge in [0.05, 0.1) is 12.2 Å². The molecule has 0 saturated carbocycles. The molecule has 148 valence electrons. The monoisotopic (exact) mass is 386 g/mol. The van der Waals surface area contributed by atoms with E-state index in [0.29, 0.717) is 13.2 Å². The molecule has 0 bridgehead atoms. The standard InChI is InChI=1S/C25H26N2O2/c1-2-17-29-21-12-8-11-20(18-21)24-26-23-14-7-6-13-22(23)25(28)27(24)16-15-19-9-4-3-5-10-19/h3-14,18,24,26H,2,15-17H2,1H3. The fraction of sp³-hybridized carbons (Fsp3) is 0.240. The van der Waals surface area contributed by atoms with Crippen LogP contribution in [0.1, 0.15) is 41.0 Å². The molecule has 1 aliphatic rings. The fourth-order valence-corrected chi connectivity index (χ4v) is 3.68. The largest absolute Gasteiger partial charge is 0.494 e. The van der Waals surface area contributed by atoms with Crippen molar-refractivity contribution in [3.05, 3.63) is 95.6 Å². The van der Waals surface area contributed by atoms with Crippen molar-refractivity contribution in [1.29, 1.82) is 0 Å². The van der Waals surface area contributed by atoms with E-state index in [1.54, 1.807) is 0 Å². The minimum Gasteiger partial charge on any atom is -0.494 e. The molecular weight excluding hydrogens is 360 g/mol. The maximum absolute atomic E-state index is 13.3. The molecule has 1 heterocycles. The number of anilines is 1. The summed E-state index contributed by atoms with van der Waals surface area (Å²) >= 11 is 0. The van der Waals surface area contributed by atoms with Crippen molar-refractivity contribution < 1.29 is 9.53 Å². The number of carbonyl (C=O) groups is 1. The number of amides is 1. The zero-order chi connectivity index (χ0) is 20.1. The van der Waals surface area contributed by atoms with Gasteiger partial charge in [-0.25, -0.2) is 0 Å². The molecule has 1 N–H and O–H groups in total. The van der Waals surface area contributed by atoms with E-state index in [2.05, 4.69) is 24.4 Å². The molecule has 29 heavy (non-hydrogen) atoms. The van der Waals surface area contributed by atoms with Gasteiger partial charge >= 0.3 is 0 Å². The van der Waals surface area contributed by atoms with E-state index in [1.807, 2.05) is 71.6 Å². The lowest BCUT2D eigenvalue weighted by Crippen LogP contribution is -2.44. The van der Waals surface area contributed by atoms with E-state index in [4.69, 9.17) is 4.74 Å². The Bertz CT molecular complexity index is 971. The first-order valence-electron chi connectivity index (χ1n) is 10.2. The minimum absolute atomic E-state index is 0.0557. The summed E-state index contributed by atoms with van der Waals surface area (Å²) in [5.41, 5.74) is 3.83. The number of nitrogens with zero attached hydrogens (tertiary/aromatic N) is 1. The maximum Gasteiger partial charge on any atom is 0.257 e. The molecule has 0 spiro atoms. The van der Waals surface area contributed by atoms with Gasteiger partial charge in [0.1, 0.15) is 11.9 Å². The number of nitrogens with one attached hydrogen (secondary N) is 1. The van der Waals surface area contributed by atoms with Crippen molar-refractivity contribution in [2.24, 2.45) is 0 Å². The zero-order valence-corrected chi connectivity index (χ0v) is 16.7. The molecule has 0 aromatic heterocycles. The Labute approximate surface area is 172 Å². The number of benzene rings is 3. The molecule has 4 rings (SSSR count). The number of fused-ring (bicyclic) bond motifs is 1. The number of carbonyl (C=O) groups excluding carboxylic acids is 1. The SMILES string of the molecule is CCCOc1cccc(C2Nc3ccccc3C(=O)N2CCc2ccccc2)c1. The first kappa shape index (κ1) is 19.1. The quantitative estimate of drug-likeness (QED) is 0.600. The van der Waals surface area contributed by atoms with E-state index in [-0.39, 0.29) is 12.1 Å². The first-order valence-corrected chi connectivity index (χ1v) is 10.2. The molecule has 4 heteroatoms. The van der Waals surface area contributed by atoms with Gasteiger partial charge in [0.2, 0.25) is 0 Å². The molecule has 1 aliphatic heterocycles. The Kier molecular flexibility index (Phi) is 5.80. The Morgan fingerprint density at radius 1 is 0.966 bits per heavy atom. The Hall–Kier alpha value is -3.27. The van der Waals surface area contributed by atoms with Crippen molar-refractivity contribution in [1.82, 2.24) is 4.90 Å². The Balaban J connectivity index is 1.64. The summed E-state index contributed by atoms with van der Waals surface area (Å²) in [6.45, 7) is 3.41. The van der Waals surface area contributed by atoms with Crippen LogP contribution >= 0.6 is 0 Å². The van der Waals surface area contributed by atoms with E-state index in [1.165, 1.54) is 5.56 Å². The topological polar surface area (TPSA) is 41.6 Å². The van der Waals surface area contributed by atoms with Gasteiger partial charge in [-0.2, -0.15) is 0 Å². The number of hydrogen-bond donors (Lipinski definition) is 1. The predicted octanol–water partition coefficient (Wildman–Crippen LogP) is 5.28. The van der Waals surface area contributed by atoms with E-state index in [9.17, 15) is 4.79 Å². The molecular formula is C25H26N2O2. The molecule has 3 aromatic rings. The van der Waals surface area contributed by atoms with Gasteiger partial charge in [0, 0.05) is 12.2 Å². The minimum atomic E-state index is -0.230. The maximum atomic E-state index is 13.3. The highest BCUT2D eigenvalue weighted by Crippen LogP contribution is 2.34. The van der Waals surface area contributed by atoms with Crippen LogP contribution in [0.2, 0.25) is 0 Å².